The number of nitrogens with two attached hydrogens (primary N) is 1. The van der Waals surface area contributed by atoms with Crippen molar-refractivity contribution < 1.29 is 14.3 Å². The van der Waals surface area contributed by atoms with E-state index in [1.807, 2.05) is 61.5 Å². The lowest BCUT2D eigenvalue weighted by atomic mass is 10.1. The number of carbonyl (C=O) groups is 1. The molecule has 0 aliphatic carbocycles. The zero-order valence-electron chi connectivity index (χ0n) is 14.6. The second-order valence-corrected chi connectivity index (χ2v) is 5.80. The quantitative estimate of drug-likeness (QED) is 0.650. The lowest BCUT2D eigenvalue weighted by Crippen LogP contribution is -2.35. The number of anilines is 1. The molecule has 0 heterocycles. The zero-order chi connectivity index (χ0) is 17.9. The minimum absolute atomic E-state index is 0.156. The van der Waals surface area contributed by atoms with Crippen LogP contribution in [0.2, 0.25) is 0 Å². The topological polar surface area (TPSA) is 73.6 Å². The predicted octanol–water partition coefficient (Wildman–Crippen LogP) is 3.35. The first-order valence-electron chi connectivity index (χ1n) is 8.60. The maximum Gasteiger partial charge on any atom is 0.241 e. The molecule has 5 nitrogen and oxygen atoms in total. The zero-order valence-corrected chi connectivity index (χ0v) is 14.6. The molecule has 2 rings (SSSR count). The van der Waals surface area contributed by atoms with E-state index in [-0.39, 0.29) is 5.91 Å². The van der Waals surface area contributed by atoms with Crippen LogP contribution < -0.4 is 15.8 Å². The van der Waals surface area contributed by atoms with Crippen molar-refractivity contribution in [3.05, 3.63) is 60.2 Å². The number of amides is 1. The maximum atomic E-state index is 12.0. The molecule has 2 aromatic carbocycles. The van der Waals surface area contributed by atoms with E-state index in [4.69, 9.17) is 15.2 Å². The van der Waals surface area contributed by atoms with Crippen molar-refractivity contribution in [2.45, 2.75) is 32.4 Å². The van der Waals surface area contributed by atoms with Crippen LogP contribution in [0, 0.1) is 0 Å². The van der Waals surface area contributed by atoms with Gasteiger partial charge >= 0.3 is 0 Å². The Morgan fingerprint density at radius 3 is 2.68 bits per heavy atom. The SMILES string of the molecule is CCCC(N)C(=O)Nc1cccc(COCCOc2ccccc2)c1. The average molecular weight is 342 g/mol. The number of carbonyl (C=O) groups excluding carboxylic acids is 1. The highest BCUT2D eigenvalue weighted by atomic mass is 16.5. The van der Waals surface area contributed by atoms with E-state index in [1.54, 1.807) is 0 Å². The van der Waals surface area contributed by atoms with Crippen molar-refractivity contribution in [2.24, 2.45) is 5.73 Å². The van der Waals surface area contributed by atoms with Crippen LogP contribution in [-0.4, -0.2) is 25.2 Å². The largest absolute Gasteiger partial charge is 0.491 e. The number of para-hydroxylation sites is 1. The van der Waals surface area contributed by atoms with Gasteiger partial charge in [-0.2, -0.15) is 0 Å². The van der Waals surface area contributed by atoms with Crippen molar-refractivity contribution in [3.63, 3.8) is 0 Å². The van der Waals surface area contributed by atoms with Gasteiger partial charge in [-0.25, -0.2) is 0 Å². The van der Waals surface area contributed by atoms with Crippen molar-refractivity contribution in [2.75, 3.05) is 18.5 Å². The fourth-order valence-electron chi connectivity index (χ4n) is 2.34. The van der Waals surface area contributed by atoms with Crippen molar-refractivity contribution in [1.29, 1.82) is 0 Å². The standard InChI is InChI=1S/C20H26N2O3/c1-2-7-19(21)20(23)22-17-9-6-8-16(14-17)15-24-12-13-25-18-10-4-3-5-11-18/h3-6,8-11,14,19H,2,7,12-13,15,21H2,1H3,(H,22,23). The molecule has 0 saturated carbocycles. The monoisotopic (exact) mass is 342 g/mol. The third-order valence-corrected chi connectivity index (χ3v) is 3.64. The molecule has 134 valence electrons. The van der Waals surface area contributed by atoms with Crippen molar-refractivity contribution in [3.8, 4) is 5.75 Å². The van der Waals surface area contributed by atoms with Crippen molar-refractivity contribution >= 4 is 11.6 Å². The summed E-state index contributed by atoms with van der Waals surface area (Å²) in [5.41, 5.74) is 7.55. The van der Waals surface area contributed by atoms with E-state index in [9.17, 15) is 4.79 Å². The van der Waals surface area contributed by atoms with Gasteiger partial charge in [0.15, 0.2) is 0 Å². The predicted molar refractivity (Wildman–Crippen MR) is 99.5 cm³/mol. The number of rotatable bonds is 10. The third kappa shape index (κ3) is 6.95. The highest BCUT2D eigenvalue weighted by Gasteiger charge is 2.12. The molecule has 0 aliphatic heterocycles. The second kappa shape index (κ2) is 10.5. The van der Waals surface area contributed by atoms with E-state index in [1.165, 1.54) is 0 Å². The van der Waals surface area contributed by atoms with E-state index >= 15 is 0 Å². The molecule has 0 saturated heterocycles. The fourth-order valence-corrected chi connectivity index (χ4v) is 2.34. The summed E-state index contributed by atoms with van der Waals surface area (Å²) in [5, 5.41) is 2.85. The molecule has 0 aliphatic rings. The Morgan fingerprint density at radius 1 is 1.12 bits per heavy atom. The summed E-state index contributed by atoms with van der Waals surface area (Å²) in [5.74, 6) is 0.676. The Morgan fingerprint density at radius 2 is 1.92 bits per heavy atom. The average Bonchev–Trinajstić information content (AvgIpc) is 2.63. The maximum absolute atomic E-state index is 12.0. The highest BCUT2D eigenvalue weighted by Crippen LogP contribution is 2.13. The number of ether oxygens (including phenoxy) is 2. The van der Waals surface area contributed by atoms with Crippen LogP contribution in [0.5, 0.6) is 5.75 Å². The van der Waals surface area contributed by atoms with E-state index in [0.717, 1.165) is 23.4 Å². The van der Waals surface area contributed by atoms with Gasteiger partial charge < -0.3 is 20.5 Å². The molecule has 2 aromatic rings. The molecule has 1 amide bonds. The molecular weight excluding hydrogens is 316 g/mol. The van der Waals surface area contributed by atoms with Gasteiger partial charge in [0.1, 0.15) is 12.4 Å². The van der Waals surface area contributed by atoms with Gasteiger partial charge in [0.25, 0.3) is 0 Å². The molecule has 5 heteroatoms. The van der Waals surface area contributed by atoms with Crippen LogP contribution >= 0.6 is 0 Å². The molecule has 0 bridgehead atoms. The van der Waals surface area contributed by atoms with Crippen LogP contribution in [0.1, 0.15) is 25.3 Å². The lowest BCUT2D eigenvalue weighted by Gasteiger charge is -2.12. The summed E-state index contributed by atoms with van der Waals surface area (Å²) in [4.78, 5) is 12.0. The van der Waals surface area contributed by atoms with E-state index in [0.29, 0.717) is 26.2 Å². The normalized spacial score (nSPS) is 11.8. The minimum atomic E-state index is -0.472. The van der Waals surface area contributed by atoms with Crippen LogP contribution in [-0.2, 0) is 16.1 Å². The molecule has 1 unspecified atom stereocenters. The summed E-state index contributed by atoms with van der Waals surface area (Å²) in [6, 6.07) is 16.8. The summed E-state index contributed by atoms with van der Waals surface area (Å²) in [6.07, 6.45) is 1.56. The number of benzene rings is 2. The number of nitrogens with one attached hydrogen (secondary N) is 1. The summed E-state index contributed by atoms with van der Waals surface area (Å²) >= 11 is 0. The fraction of sp³-hybridized carbons (Fsp3) is 0.350. The van der Waals surface area contributed by atoms with Crippen LogP contribution in [0.4, 0.5) is 5.69 Å². The molecule has 0 fully saturated rings. The Hall–Kier alpha value is -2.37. The molecule has 0 aromatic heterocycles. The van der Waals surface area contributed by atoms with Gasteiger partial charge in [-0.15, -0.1) is 0 Å². The van der Waals surface area contributed by atoms with Gasteiger partial charge in [-0.05, 0) is 36.2 Å². The smallest absolute Gasteiger partial charge is 0.241 e. The second-order valence-electron chi connectivity index (χ2n) is 5.80. The van der Waals surface area contributed by atoms with Crippen LogP contribution in [0.3, 0.4) is 0 Å². The van der Waals surface area contributed by atoms with Crippen molar-refractivity contribution in [1.82, 2.24) is 0 Å². The summed E-state index contributed by atoms with van der Waals surface area (Å²) < 4.78 is 11.2. The number of hydrogen-bond acceptors (Lipinski definition) is 4. The van der Waals surface area contributed by atoms with E-state index in [2.05, 4.69) is 5.32 Å². The van der Waals surface area contributed by atoms with Gasteiger partial charge in [0.2, 0.25) is 5.91 Å². The summed E-state index contributed by atoms with van der Waals surface area (Å²) in [6.45, 7) is 3.45. The first kappa shape index (κ1) is 19.0. The first-order valence-corrected chi connectivity index (χ1v) is 8.60. The molecule has 1 atom stereocenters. The number of hydrogen-bond donors (Lipinski definition) is 2. The summed E-state index contributed by atoms with van der Waals surface area (Å²) in [7, 11) is 0. The molecule has 3 N–H and O–H groups in total. The molecule has 0 radical (unpaired) electrons. The van der Waals surface area contributed by atoms with Gasteiger partial charge in [0, 0.05) is 5.69 Å². The first-order chi connectivity index (χ1) is 12.2. The molecule has 25 heavy (non-hydrogen) atoms. The highest BCUT2D eigenvalue weighted by molar-refractivity contribution is 5.94. The Bertz CT molecular complexity index is 646. The van der Waals surface area contributed by atoms with Crippen LogP contribution in [0.15, 0.2) is 54.6 Å². The minimum Gasteiger partial charge on any atom is -0.491 e. The third-order valence-electron chi connectivity index (χ3n) is 3.64. The molecule has 0 spiro atoms. The Kier molecular flexibility index (Phi) is 7.95. The van der Waals surface area contributed by atoms with Crippen LogP contribution in [0.25, 0.3) is 0 Å². The van der Waals surface area contributed by atoms with Gasteiger partial charge in [-0.1, -0.05) is 43.7 Å². The van der Waals surface area contributed by atoms with Gasteiger partial charge in [0.05, 0.1) is 19.3 Å². The molecular formula is C20H26N2O3. The lowest BCUT2D eigenvalue weighted by molar-refractivity contribution is -0.117. The van der Waals surface area contributed by atoms with Gasteiger partial charge in [-0.3, -0.25) is 4.79 Å². The van der Waals surface area contributed by atoms with E-state index < -0.39 is 6.04 Å². The Labute approximate surface area is 149 Å². The Balaban J connectivity index is 1.72.